The third kappa shape index (κ3) is 2.56. The predicted octanol–water partition coefficient (Wildman–Crippen LogP) is 1.13. The second kappa shape index (κ2) is 4.91. The minimum atomic E-state index is 0.133. The molecular weight excluding hydrogens is 248 g/mol. The summed E-state index contributed by atoms with van der Waals surface area (Å²) in [5.41, 5.74) is 0. The van der Waals surface area contributed by atoms with Gasteiger partial charge in [-0.3, -0.25) is 0 Å². The quantitative estimate of drug-likeness (QED) is 0.830. The van der Waals surface area contributed by atoms with Gasteiger partial charge >= 0.3 is 0 Å². The molecule has 4 nitrogen and oxygen atoms in total. The molecule has 78 valence electrons. The Morgan fingerprint density at radius 1 is 1.64 bits per heavy atom. The standard InChI is InChI=1S/C9H13BrN2O2/c10-7(5-9-11-1-2-12-9)8-6-13-3-4-14-8/h1-2,7-8H,3-6H2,(H,11,12). The van der Waals surface area contributed by atoms with Crippen LogP contribution in [0.1, 0.15) is 5.82 Å². The molecule has 0 spiro atoms. The van der Waals surface area contributed by atoms with Gasteiger partial charge < -0.3 is 14.5 Å². The minimum Gasteiger partial charge on any atom is -0.376 e. The average Bonchev–Trinajstić information content (AvgIpc) is 2.72. The molecule has 2 unspecified atom stereocenters. The summed E-state index contributed by atoms with van der Waals surface area (Å²) in [4.78, 5) is 7.50. The van der Waals surface area contributed by atoms with Gasteiger partial charge in [-0.15, -0.1) is 0 Å². The van der Waals surface area contributed by atoms with Crippen molar-refractivity contribution in [1.82, 2.24) is 9.97 Å². The first kappa shape index (κ1) is 10.1. The summed E-state index contributed by atoms with van der Waals surface area (Å²) in [7, 11) is 0. The lowest BCUT2D eigenvalue weighted by molar-refractivity contribution is -0.0872. The van der Waals surface area contributed by atoms with Crippen molar-refractivity contribution < 1.29 is 9.47 Å². The van der Waals surface area contributed by atoms with Gasteiger partial charge in [0.05, 0.1) is 30.8 Å². The smallest absolute Gasteiger partial charge is 0.107 e. The first-order chi connectivity index (χ1) is 6.86. The van der Waals surface area contributed by atoms with E-state index in [1.807, 2.05) is 6.20 Å². The molecule has 0 aromatic carbocycles. The average molecular weight is 261 g/mol. The Balaban J connectivity index is 1.85. The Labute approximate surface area is 91.1 Å². The number of hydrogen-bond donors (Lipinski definition) is 1. The number of aromatic amines is 1. The molecule has 0 aliphatic carbocycles. The van der Waals surface area contributed by atoms with E-state index >= 15 is 0 Å². The fourth-order valence-corrected chi connectivity index (χ4v) is 2.05. The van der Waals surface area contributed by atoms with Crippen molar-refractivity contribution >= 4 is 15.9 Å². The third-order valence-corrected chi connectivity index (χ3v) is 3.10. The van der Waals surface area contributed by atoms with Crippen LogP contribution in [0.5, 0.6) is 0 Å². The lowest BCUT2D eigenvalue weighted by Crippen LogP contribution is -2.36. The zero-order valence-electron chi connectivity index (χ0n) is 7.78. The number of alkyl halides is 1. The monoisotopic (exact) mass is 260 g/mol. The van der Waals surface area contributed by atoms with Gasteiger partial charge in [-0.1, -0.05) is 15.9 Å². The van der Waals surface area contributed by atoms with Crippen molar-refractivity contribution in [3.05, 3.63) is 18.2 Å². The summed E-state index contributed by atoms with van der Waals surface area (Å²) in [6, 6.07) is 0. The molecule has 1 aliphatic rings. The summed E-state index contributed by atoms with van der Waals surface area (Å²) in [5.74, 6) is 0.973. The fraction of sp³-hybridized carbons (Fsp3) is 0.667. The molecule has 0 radical (unpaired) electrons. The maximum absolute atomic E-state index is 5.57. The Bertz CT molecular complexity index is 260. The first-order valence-corrected chi connectivity index (χ1v) is 5.59. The van der Waals surface area contributed by atoms with E-state index in [-0.39, 0.29) is 10.9 Å². The highest BCUT2D eigenvalue weighted by Gasteiger charge is 2.23. The normalized spacial score (nSPS) is 24.8. The second-order valence-corrected chi connectivity index (χ2v) is 4.42. The lowest BCUT2D eigenvalue weighted by Gasteiger charge is -2.26. The van der Waals surface area contributed by atoms with Gasteiger partial charge in [0.1, 0.15) is 5.82 Å². The summed E-state index contributed by atoms with van der Waals surface area (Å²) >= 11 is 3.60. The van der Waals surface area contributed by atoms with Gasteiger partial charge in [0.25, 0.3) is 0 Å². The molecule has 0 amide bonds. The summed E-state index contributed by atoms with van der Waals surface area (Å²) in [6.07, 6.45) is 4.55. The highest BCUT2D eigenvalue weighted by Crippen LogP contribution is 2.16. The molecule has 1 aliphatic heterocycles. The molecular formula is C9H13BrN2O2. The van der Waals surface area contributed by atoms with Crippen LogP contribution in [-0.4, -0.2) is 40.7 Å². The van der Waals surface area contributed by atoms with E-state index in [0.717, 1.165) is 12.2 Å². The van der Waals surface area contributed by atoms with Crippen LogP contribution in [0.4, 0.5) is 0 Å². The van der Waals surface area contributed by atoms with E-state index < -0.39 is 0 Å². The van der Waals surface area contributed by atoms with Crippen molar-refractivity contribution in [1.29, 1.82) is 0 Å². The summed E-state index contributed by atoms with van der Waals surface area (Å²) in [5, 5.41) is 0. The predicted molar refractivity (Wildman–Crippen MR) is 55.6 cm³/mol. The first-order valence-electron chi connectivity index (χ1n) is 4.68. The van der Waals surface area contributed by atoms with Crippen molar-refractivity contribution in [2.75, 3.05) is 19.8 Å². The molecule has 5 heteroatoms. The lowest BCUT2D eigenvalue weighted by atomic mass is 10.2. The molecule has 1 aromatic heterocycles. The third-order valence-electron chi connectivity index (χ3n) is 2.19. The number of aromatic nitrogens is 2. The van der Waals surface area contributed by atoms with Gasteiger partial charge in [-0.05, 0) is 0 Å². The molecule has 1 fully saturated rings. The topological polar surface area (TPSA) is 47.1 Å². The van der Waals surface area contributed by atoms with Gasteiger partial charge in [0.2, 0.25) is 0 Å². The highest BCUT2D eigenvalue weighted by atomic mass is 79.9. The van der Waals surface area contributed by atoms with E-state index in [0.29, 0.717) is 19.8 Å². The van der Waals surface area contributed by atoms with Crippen LogP contribution in [-0.2, 0) is 15.9 Å². The number of hydrogen-bond acceptors (Lipinski definition) is 3. The Kier molecular flexibility index (Phi) is 3.55. The number of rotatable bonds is 3. The van der Waals surface area contributed by atoms with Crippen LogP contribution < -0.4 is 0 Å². The number of nitrogens with zero attached hydrogens (tertiary/aromatic N) is 1. The van der Waals surface area contributed by atoms with Crippen molar-refractivity contribution in [3.8, 4) is 0 Å². The van der Waals surface area contributed by atoms with Crippen molar-refractivity contribution in [2.45, 2.75) is 17.4 Å². The summed E-state index contributed by atoms with van der Waals surface area (Å²) < 4.78 is 10.9. The molecule has 2 atom stereocenters. The molecule has 2 heterocycles. The van der Waals surface area contributed by atoms with E-state index in [4.69, 9.17) is 9.47 Å². The van der Waals surface area contributed by atoms with Gasteiger partial charge in [0, 0.05) is 18.8 Å². The Hall–Kier alpha value is -0.390. The van der Waals surface area contributed by atoms with Crippen molar-refractivity contribution in [2.24, 2.45) is 0 Å². The van der Waals surface area contributed by atoms with Crippen LogP contribution in [0, 0.1) is 0 Å². The summed E-state index contributed by atoms with van der Waals surface area (Å²) in [6.45, 7) is 2.05. The van der Waals surface area contributed by atoms with Crippen LogP contribution in [0.25, 0.3) is 0 Å². The van der Waals surface area contributed by atoms with Crippen molar-refractivity contribution in [3.63, 3.8) is 0 Å². The van der Waals surface area contributed by atoms with Crippen LogP contribution >= 0.6 is 15.9 Å². The molecule has 2 rings (SSSR count). The maximum Gasteiger partial charge on any atom is 0.107 e. The van der Waals surface area contributed by atoms with Gasteiger partial charge in [-0.2, -0.15) is 0 Å². The molecule has 1 N–H and O–H groups in total. The van der Waals surface area contributed by atoms with Crippen LogP contribution in [0.2, 0.25) is 0 Å². The minimum absolute atomic E-state index is 0.133. The molecule has 1 aromatic rings. The SMILES string of the molecule is BrC(Cc1ncc[nH]1)C1COCCO1. The fourth-order valence-electron chi connectivity index (χ4n) is 1.44. The number of ether oxygens (including phenoxy) is 2. The largest absolute Gasteiger partial charge is 0.376 e. The second-order valence-electron chi connectivity index (χ2n) is 3.24. The van der Waals surface area contributed by atoms with E-state index in [1.165, 1.54) is 0 Å². The highest BCUT2D eigenvalue weighted by molar-refractivity contribution is 9.09. The van der Waals surface area contributed by atoms with Gasteiger partial charge in [0.15, 0.2) is 0 Å². The molecule has 1 saturated heterocycles. The van der Waals surface area contributed by atoms with E-state index in [1.54, 1.807) is 6.20 Å². The molecule has 0 saturated carbocycles. The zero-order valence-corrected chi connectivity index (χ0v) is 9.37. The Morgan fingerprint density at radius 2 is 2.57 bits per heavy atom. The van der Waals surface area contributed by atoms with Gasteiger partial charge in [-0.25, -0.2) is 4.98 Å². The Morgan fingerprint density at radius 3 is 3.21 bits per heavy atom. The number of nitrogens with one attached hydrogen (secondary N) is 1. The van der Waals surface area contributed by atoms with Crippen LogP contribution in [0.3, 0.4) is 0 Å². The molecule has 14 heavy (non-hydrogen) atoms. The number of H-pyrrole nitrogens is 1. The number of imidazole rings is 1. The number of halogens is 1. The van der Waals surface area contributed by atoms with E-state index in [2.05, 4.69) is 25.9 Å². The zero-order chi connectivity index (χ0) is 9.80. The molecule has 0 bridgehead atoms. The van der Waals surface area contributed by atoms with Crippen LogP contribution in [0.15, 0.2) is 12.4 Å². The maximum atomic E-state index is 5.57. The van der Waals surface area contributed by atoms with E-state index in [9.17, 15) is 0 Å².